The van der Waals surface area contributed by atoms with Gasteiger partial charge < -0.3 is 15.4 Å². The molecule has 0 atom stereocenters. The molecule has 0 radical (unpaired) electrons. The van der Waals surface area contributed by atoms with Crippen molar-refractivity contribution >= 4 is 23.4 Å². The highest BCUT2D eigenvalue weighted by atomic mass is 35.5. The summed E-state index contributed by atoms with van der Waals surface area (Å²) in [4.78, 5) is 23.4. The van der Waals surface area contributed by atoms with Crippen molar-refractivity contribution in [3.05, 3.63) is 41.6 Å². The Bertz CT molecular complexity index is 685. The summed E-state index contributed by atoms with van der Waals surface area (Å²) in [6.45, 7) is 3.41. The van der Waals surface area contributed by atoms with Crippen molar-refractivity contribution in [2.24, 2.45) is 5.41 Å². The lowest BCUT2D eigenvalue weighted by Gasteiger charge is -2.19. The Hall–Kier alpha value is -2.22. The zero-order chi connectivity index (χ0) is 19.4. The molecular weight excluding hydrogens is 373 g/mol. The monoisotopic (exact) mass is 390 g/mol. The van der Waals surface area contributed by atoms with E-state index >= 15 is 0 Å². The first-order valence-electron chi connectivity index (χ1n) is 7.85. The second-order valence-electron chi connectivity index (χ2n) is 5.98. The van der Waals surface area contributed by atoms with Gasteiger partial charge in [-0.15, -0.1) is 0 Å². The van der Waals surface area contributed by atoms with Crippen LogP contribution in [0.4, 0.5) is 13.2 Å². The van der Waals surface area contributed by atoms with Gasteiger partial charge in [0.1, 0.15) is 11.2 Å². The van der Waals surface area contributed by atoms with Crippen LogP contribution in [0.1, 0.15) is 19.3 Å². The molecule has 1 aromatic rings. The fourth-order valence-corrected chi connectivity index (χ4v) is 2.32. The standard InChI is InChI=1S/C17H18ClF3N2O3/c1-11(23-15(25)16(7-8-16)17(19,20)21)6-9-22-14(24)10-26-13-4-2-12(18)3-5-13/h2-5H,1,6-10H2,(H,22,24)(H,23,25). The van der Waals surface area contributed by atoms with Gasteiger partial charge in [0, 0.05) is 23.7 Å². The van der Waals surface area contributed by atoms with E-state index in [0.29, 0.717) is 10.8 Å². The number of nitrogens with one attached hydrogen (secondary N) is 2. The number of rotatable bonds is 8. The Labute approximate surface area is 153 Å². The van der Waals surface area contributed by atoms with Crippen LogP contribution in [0.25, 0.3) is 0 Å². The van der Waals surface area contributed by atoms with Gasteiger partial charge in [0.25, 0.3) is 5.91 Å². The molecule has 1 aliphatic rings. The first kappa shape index (κ1) is 20.1. The van der Waals surface area contributed by atoms with E-state index in [9.17, 15) is 22.8 Å². The van der Waals surface area contributed by atoms with E-state index in [1.165, 1.54) is 0 Å². The smallest absolute Gasteiger partial charge is 0.403 e. The highest BCUT2D eigenvalue weighted by Crippen LogP contribution is 2.57. The number of carbonyl (C=O) groups excluding carboxylic acids is 2. The number of amides is 2. The predicted octanol–water partition coefficient (Wildman–Crippen LogP) is 3.20. The van der Waals surface area contributed by atoms with E-state index in [0.717, 1.165) is 0 Å². The molecule has 0 unspecified atom stereocenters. The number of alkyl halides is 3. The third-order valence-electron chi connectivity index (χ3n) is 3.95. The molecule has 142 valence electrons. The van der Waals surface area contributed by atoms with Gasteiger partial charge in [0.05, 0.1) is 0 Å². The molecule has 0 aliphatic heterocycles. The molecular formula is C17H18ClF3N2O3. The van der Waals surface area contributed by atoms with E-state index in [-0.39, 0.29) is 38.1 Å². The Morgan fingerprint density at radius 3 is 2.38 bits per heavy atom. The number of benzene rings is 1. The first-order valence-corrected chi connectivity index (χ1v) is 8.23. The Morgan fingerprint density at radius 1 is 1.23 bits per heavy atom. The fraction of sp³-hybridized carbons (Fsp3) is 0.412. The third kappa shape index (κ3) is 5.14. The van der Waals surface area contributed by atoms with Crippen LogP contribution in [0, 0.1) is 5.41 Å². The fourth-order valence-electron chi connectivity index (χ4n) is 2.19. The Balaban J connectivity index is 1.66. The molecule has 9 heteroatoms. The molecule has 0 saturated heterocycles. The maximum atomic E-state index is 12.8. The maximum Gasteiger partial charge on any atom is 0.403 e. The molecule has 1 aliphatic carbocycles. The van der Waals surface area contributed by atoms with Crippen LogP contribution >= 0.6 is 11.6 Å². The van der Waals surface area contributed by atoms with Gasteiger partial charge in [-0.05, 0) is 37.1 Å². The van der Waals surface area contributed by atoms with Crippen molar-refractivity contribution in [1.82, 2.24) is 10.6 Å². The minimum absolute atomic E-state index is 0.112. The highest BCUT2D eigenvalue weighted by Gasteiger charge is 2.68. The molecule has 0 spiro atoms. The van der Waals surface area contributed by atoms with Crippen molar-refractivity contribution < 1.29 is 27.5 Å². The van der Waals surface area contributed by atoms with Gasteiger partial charge in [0.2, 0.25) is 5.91 Å². The summed E-state index contributed by atoms with van der Waals surface area (Å²) in [5, 5.41) is 5.25. The molecule has 1 fully saturated rings. The second-order valence-corrected chi connectivity index (χ2v) is 6.42. The van der Waals surface area contributed by atoms with Gasteiger partial charge in [-0.2, -0.15) is 13.2 Å². The van der Waals surface area contributed by atoms with Gasteiger partial charge >= 0.3 is 6.18 Å². The lowest BCUT2D eigenvalue weighted by molar-refractivity contribution is -0.191. The molecule has 0 bridgehead atoms. The third-order valence-corrected chi connectivity index (χ3v) is 4.20. The molecule has 1 saturated carbocycles. The van der Waals surface area contributed by atoms with E-state index in [2.05, 4.69) is 17.2 Å². The molecule has 26 heavy (non-hydrogen) atoms. The molecule has 2 amide bonds. The van der Waals surface area contributed by atoms with Gasteiger partial charge in [-0.1, -0.05) is 18.2 Å². The predicted molar refractivity (Wildman–Crippen MR) is 89.6 cm³/mol. The molecule has 0 heterocycles. The highest BCUT2D eigenvalue weighted by molar-refractivity contribution is 6.30. The van der Waals surface area contributed by atoms with E-state index in [1.807, 2.05) is 0 Å². The average Bonchev–Trinajstić information content (AvgIpc) is 3.36. The van der Waals surface area contributed by atoms with Crippen molar-refractivity contribution in [2.45, 2.75) is 25.4 Å². The summed E-state index contributed by atoms with van der Waals surface area (Å²) in [6.07, 6.45) is -4.88. The number of hydrogen-bond donors (Lipinski definition) is 2. The number of carbonyl (C=O) groups is 2. The van der Waals surface area contributed by atoms with Gasteiger partial charge in [0.15, 0.2) is 6.61 Å². The van der Waals surface area contributed by atoms with E-state index < -0.39 is 23.4 Å². The summed E-state index contributed by atoms with van der Waals surface area (Å²) in [5.74, 6) is -1.02. The van der Waals surface area contributed by atoms with E-state index in [4.69, 9.17) is 16.3 Å². The van der Waals surface area contributed by atoms with Crippen LogP contribution in [0.15, 0.2) is 36.5 Å². The normalized spacial score (nSPS) is 15.1. The average molecular weight is 391 g/mol. The van der Waals surface area contributed by atoms with Crippen LogP contribution in [-0.2, 0) is 9.59 Å². The number of halogens is 4. The lowest BCUT2D eigenvalue weighted by atomic mass is 10.1. The molecule has 2 N–H and O–H groups in total. The summed E-state index contributed by atoms with van der Waals surface area (Å²) in [6, 6.07) is 6.47. The maximum absolute atomic E-state index is 12.8. The van der Waals surface area contributed by atoms with Crippen LogP contribution in [-0.4, -0.2) is 31.1 Å². The first-order chi connectivity index (χ1) is 12.1. The quantitative estimate of drug-likeness (QED) is 0.716. The molecule has 2 rings (SSSR count). The topological polar surface area (TPSA) is 67.4 Å². The Kier molecular flexibility index (Phi) is 6.17. The van der Waals surface area contributed by atoms with Crippen LogP contribution in [0.3, 0.4) is 0 Å². The van der Waals surface area contributed by atoms with Crippen molar-refractivity contribution in [2.75, 3.05) is 13.2 Å². The zero-order valence-electron chi connectivity index (χ0n) is 13.8. The molecule has 0 aromatic heterocycles. The van der Waals surface area contributed by atoms with Crippen molar-refractivity contribution in [1.29, 1.82) is 0 Å². The summed E-state index contributed by atoms with van der Waals surface area (Å²) in [5.41, 5.74) is -2.17. The summed E-state index contributed by atoms with van der Waals surface area (Å²) in [7, 11) is 0. The van der Waals surface area contributed by atoms with Crippen LogP contribution in [0.5, 0.6) is 5.75 Å². The minimum atomic E-state index is -4.56. The summed E-state index contributed by atoms with van der Waals surface area (Å²) >= 11 is 5.73. The largest absolute Gasteiger partial charge is 0.484 e. The second kappa shape index (κ2) is 7.99. The number of hydrogen-bond acceptors (Lipinski definition) is 3. The Morgan fingerprint density at radius 2 is 1.85 bits per heavy atom. The molecule has 5 nitrogen and oxygen atoms in total. The van der Waals surface area contributed by atoms with Crippen molar-refractivity contribution in [3.63, 3.8) is 0 Å². The van der Waals surface area contributed by atoms with Gasteiger partial charge in [-0.3, -0.25) is 9.59 Å². The zero-order valence-corrected chi connectivity index (χ0v) is 14.5. The van der Waals surface area contributed by atoms with Crippen LogP contribution in [0.2, 0.25) is 5.02 Å². The summed E-state index contributed by atoms with van der Waals surface area (Å²) < 4.78 is 43.7. The number of ether oxygens (including phenoxy) is 1. The van der Waals surface area contributed by atoms with Crippen molar-refractivity contribution in [3.8, 4) is 5.75 Å². The van der Waals surface area contributed by atoms with Crippen LogP contribution < -0.4 is 15.4 Å². The minimum Gasteiger partial charge on any atom is -0.484 e. The molecule has 1 aromatic carbocycles. The SMILES string of the molecule is C=C(CCNC(=O)COc1ccc(Cl)cc1)NC(=O)C1(C(F)(F)F)CC1. The lowest BCUT2D eigenvalue weighted by Crippen LogP contribution is -2.41. The van der Waals surface area contributed by atoms with E-state index in [1.54, 1.807) is 24.3 Å². The van der Waals surface area contributed by atoms with Gasteiger partial charge in [-0.25, -0.2) is 0 Å².